The molecule has 0 N–H and O–H groups in total. The highest BCUT2D eigenvalue weighted by Crippen LogP contribution is 2.38. The lowest BCUT2D eigenvalue weighted by Crippen LogP contribution is -2.38. The van der Waals surface area contributed by atoms with Crippen LogP contribution in [0.25, 0.3) is 0 Å². The van der Waals surface area contributed by atoms with Gasteiger partial charge in [0.15, 0.2) is 0 Å². The highest BCUT2D eigenvalue weighted by atomic mass is 16.6. The largest absolute Gasteiger partial charge is 0.550 e. The molecule has 1 aliphatic rings. The lowest BCUT2D eigenvalue weighted by Gasteiger charge is -2.28. The smallest absolute Gasteiger partial charge is 0.410 e. The van der Waals surface area contributed by atoms with Crippen LogP contribution >= 0.6 is 0 Å². The van der Waals surface area contributed by atoms with Gasteiger partial charge in [-0.05, 0) is 37.3 Å². The maximum absolute atomic E-state index is 12.4. The van der Waals surface area contributed by atoms with E-state index in [1.165, 1.54) is 4.90 Å². The van der Waals surface area contributed by atoms with Crippen molar-refractivity contribution in [1.82, 2.24) is 4.90 Å². The topological polar surface area (TPSA) is 69.7 Å². The Labute approximate surface area is 150 Å². The molecule has 138 valence electrons. The van der Waals surface area contributed by atoms with Crippen molar-refractivity contribution in [3.63, 3.8) is 0 Å². The van der Waals surface area contributed by atoms with Crippen LogP contribution in [0.1, 0.15) is 58.6 Å². The number of carboxylic acids is 1. The molecule has 0 aliphatic carbocycles. The predicted octanol–water partition coefficient (Wildman–Crippen LogP) is 2.68. The number of nitrogens with zero attached hydrogens (tertiary/aromatic N) is 1. The average molecular weight is 346 g/mol. The van der Waals surface area contributed by atoms with Gasteiger partial charge >= 0.3 is 6.09 Å². The van der Waals surface area contributed by atoms with E-state index in [0.717, 1.165) is 11.1 Å². The lowest BCUT2D eigenvalue weighted by atomic mass is 9.77. The maximum atomic E-state index is 12.4. The zero-order valence-electron chi connectivity index (χ0n) is 16.0. The van der Waals surface area contributed by atoms with Crippen molar-refractivity contribution < 1.29 is 19.4 Å². The number of rotatable bonds is 2. The molecule has 2 rings (SSSR count). The first-order valence-corrected chi connectivity index (χ1v) is 8.68. The van der Waals surface area contributed by atoms with E-state index in [4.69, 9.17) is 4.74 Å². The average Bonchev–Trinajstić information content (AvgIpc) is 2.90. The van der Waals surface area contributed by atoms with Crippen molar-refractivity contribution in [3.8, 4) is 0 Å². The van der Waals surface area contributed by atoms with Crippen molar-refractivity contribution in [3.05, 3.63) is 35.4 Å². The third kappa shape index (κ3) is 4.53. The van der Waals surface area contributed by atoms with Crippen LogP contribution in [0.15, 0.2) is 24.3 Å². The molecule has 0 spiro atoms. The minimum absolute atomic E-state index is 0.111. The Bertz CT molecular complexity index is 654. The van der Waals surface area contributed by atoms with Gasteiger partial charge in [0.2, 0.25) is 0 Å². The molecule has 0 aromatic heterocycles. The van der Waals surface area contributed by atoms with Crippen LogP contribution in [0.5, 0.6) is 0 Å². The molecule has 5 nitrogen and oxygen atoms in total. The highest BCUT2D eigenvalue weighted by molar-refractivity contribution is 5.74. The Morgan fingerprint density at radius 1 is 1.08 bits per heavy atom. The van der Waals surface area contributed by atoms with E-state index >= 15 is 0 Å². The molecular formula is C20H28NO4-. The summed E-state index contributed by atoms with van der Waals surface area (Å²) >= 11 is 0. The van der Waals surface area contributed by atoms with E-state index in [-0.39, 0.29) is 17.9 Å². The molecule has 1 fully saturated rings. The number of hydrogen-bond acceptors (Lipinski definition) is 4. The van der Waals surface area contributed by atoms with E-state index in [0.29, 0.717) is 6.54 Å². The standard InChI is InChI=1S/C20H29NO4/c1-19(2,3)16-10-8-7-9-13(16)14-11-21(12-15(14)17(22)23)18(24)25-20(4,5)6/h7-10,14-15H,11-12H2,1-6H3,(H,22,23)/p-1/t14-,15+/m1/s1. The second-order valence-electron chi connectivity index (χ2n) is 8.75. The minimum atomic E-state index is -1.13. The summed E-state index contributed by atoms with van der Waals surface area (Å²) in [6.07, 6.45) is -0.477. The monoisotopic (exact) mass is 346 g/mol. The number of ether oxygens (including phenoxy) is 1. The first-order valence-electron chi connectivity index (χ1n) is 8.68. The summed E-state index contributed by atoms with van der Waals surface area (Å²) in [7, 11) is 0. The van der Waals surface area contributed by atoms with E-state index in [2.05, 4.69) is 20.8 Å². The normalized spacial score (nSPS) is 21.3. The Morgan fingerprint density at radius 2 is 1.68 bits per heavy atom. The number of amides is 1. The first-order chi connectivity index (χ1) is 11.4. The van der Waals surface area contributed by atoms with Crippen molar-refractivity contribution in [1.29, 1.82) is 0 Å². The molecule has 1 aromatic rings. The Hall–Kier alpha value is -2.04. The Balaban J connectivity index is 2.34. The van der Waals surface area contributed by atoms with Crippen LogP contribution in [-0.2, 0) is 14.9 Å². The third-order valence-corrected chi connectivity index (χ3v) is 4.44. The van der Waals surface area contributed by atoms with Crippen LogP contribution in [0, 0.1) is 5.92 Å². The zero-order chi connectivity index (χ0) is 19.0. The van der Waals surface area contributed by atoms with Gasteiger partial charge in [-0.15, -0.1) is 0 Å². The number of benzene rings is 1. The molecule has 1 amide bonds. The number of likely N-dealkylation sites (tertiary alicyclic amines) is 1. The first kappa shape index (κ1) is 19.3. The van der Waals surface area contributed by atoms with Crippen LogP contribution in [-0.4, -0.2) is 35.7 Å². The number of aliphatic carboxylic acids is 1. The highest BCUT2D eigenvalue weighted by Gasteiger charge is 2.40. The van der Waals surface area contributed by atoms with Gasteiger partial charge in [0.25, 0.3) is 0 Å². The zero-order valence-corrected chi connectivity index (χ0v) is 16.0. The van der Waals surface area contributed by atoms with Crippen molar-refractivity contribution in [2.45, 2.75) is 58.5 Å². The fraction of sp³-hybridized carbons (Fsp3) is 0.600. The quantitative estimate of drug-likeness (QED) is 0.825. The molecule has 0 radical (unpaired) electrons. The molecule has 5 heteroatoms. The number of hydrogen-bond donors (Lipinski definition) is 0. The number of carboxylic acid groups (broad SMARTS) is 1. The summed E-state index contributed by atoms with van der Waals surface area (Å²) < 4.78 is 5.41. The van der Waals surface area contributed by atoms with Crippen LogP contribution in [0.2, 0.25) is 0 Å². The van der Waals surface area contributed by atoms with Gasteiger partial charge in [0.1, 0.15) is 5.60 Å². The summed E-state index contributed by atoms with van der Waals surface area (Å²) in [5.41, 5.74) is 1.33. The Kier molecular flexibility index (Phi) is 5.17. The predicted molar refractivity (Wildman–Crippen MR) is 94.2 cm³/mol. The molecule has 0 saturated carbocycles. The summed E-state index contributed by atoms with van der Waals surface area (Å²) in [5.74, 6) is -2.16. The summed E-state index contributed by atoms with van der Waals surface area (Å²) in [4.78, 5) is 25.6. The van der Waals surface area contributed by atoms with Crippen LogP contribution < -0.4 is 5.11 Å². The molecule has 0 bridgehead atoms. The van der Waals surface area contributed by atoms with E-state index < -0.39 is 23.6 Å². The van der Waals surface area contributed by atoms with Gasteiger partial charge in [-0.25, -0.2) is 4.79 Å². The minimum Gasteiger partial charge on any atom is -0.550 e. The van der Waals surface area contributed by atoms with Gasteiger partial charge in [-0.3, -0.25) is 0 Å². The van der Waals surface area contributed by atoms with Crippen molar-refractivity contribution in [2.75, 3.05) is 13.1 Å². The maximum Gasteiger partial charge on any atom is 0.410 e. The number of carbonyl (C=O) groups excluding carboxylic acids is 2. The molecule has 25 heavy (non-hydrogen) atoms. The Morgan fingerprint density at radius 3 is 2.20 bits per heavy atom. The van der Waals surface area contributed by atoms with Crippen LogP contribution in [0.4, 0.5) is 4.79 Å². The number of carbonyl (C=O) groups is 2. The van der Waals surface area contributed by atoms with Gasteiger partial charge in [-0.2, -0.15) is 0 Å². The molecule has 1 aliphatic heterocycles. The summed E-state index contributed by atoms with van der Waals surface area (Å²) in [5, 5.41) is 11.7. The van der Waals surface area contributed by atoms with E-state index in [9.17, 15) is 14.7 Å². The SMILES string of the molecule is CC(C)(C)OC(=O)N1C[C@H](C(=O)[O-])[C@@H](c2ccccc2C(C)(C)C)C1. The second-order valence-corrected chi connectivity index (χ2v) is 8.75. The molecular weight excluding hydrogens is 318 g/mol. The van der Waals surface area contributed by atoms with E-state index in [1.807, 2.05) is 24.3 Å². The van der Waals surface area contributed by atoms with Gasteiger partial charge in [-0.1, -0.05) is 45.0 Å². The van der Waals surface area contributed by atoms with Crippen LogP contribution in [0.3, 0.4) is 0 Å². The van der Waals surface area contributed by atoms with Crippen molar-refractivity contribution in [2.24, 2.45) is 5.92 Å². The van der Waals surface area contributed by atoms with E-state index in [1.54, 1.807) is 20.8 Å². The van der Waals surface area contributed by atoms with Crippen molar-refractivity contribution >= 4 is 12.1 Å². The second kappa shape index (κ2) is 6.70. The fourth-order valence-corrected chi connectivity index (χ4v) is 3.34. The van der Waals surface area contributed by atoms with Gasteiger partial charge in [0, 0.05) is 30.9 Å². The molecule has 0 unspecified atom stereocenters. The summed E-state index contributed by atoms with van der Waals surface area (Å²) in [6.45, 7) is 12.1. The molecule has 1 heterocycles. The van der Waals surface area contributed by atoms with Gasteiger partial charge in [0.05, 0.1) is 0 Å². The molecule has 2 atom stereocenters. The fourth-order valence-electron chi connectivity index (χ4n) is 3.34. The molecule has 1 aromatic carbocycles. The third-order valence-electron chi connectivity index (χ3n) is 4.44. The lowest BCUT2D eigenvalue weighted by molar-refractivity contribution is -0.311. The summed E-state index contributed by atoms with van der Waals surface area (Å²) in [6, 6.07) is 7.85. The molecule has 1 saturated heterocycles. The van der Waals surface area contributed by atoms with Gasteiger partial charge < -0.3 is 19.5 Å².